The molecule has 160 valence electrons. The Balaban J connectivity index is 1.77. The Kier molecular flexibility index (Phi) is 4.71. The first-order chi connectivity index (χ1) is 14.9. The zero-order valence-corrected chi connectivity index (χ0v) is 18.3. The summed E-state index contributed by atoms with van der Waals surface area (Å²) in [4.78, 5) is 13.5. The van der Waals surface area contributed by atoms with Crippen molar-refractivity contribution in [2.45, 2.75) is 36.5 Å². The van der Waals surface area contributed by atoms with Crippen molar-refractivity contribution in [3.8, 4) is 5.69 Å². The van der Waals surface area contributed by atoms with Gasteiger partial charge in [-0.15, -0.1) is 0 Å². The van der Waals surface area contributed by atoms with E-state index >= 15 is 0 Å². The van der Waals surface area contributed by atoms with Gasteiger partial charge in [-0.05, 0) is 61.7 Å². The Labute approximate surface area is 180 Å². The van der Waals surface area contributed by atoms with Crippen LogP contribution < -0.4 is 10.3 Å². The molecule has 5 rings (SSSR count). The van der Waals surface area contributed by atoms with Crippen LogP contribution in [0.3, 0.4) is 0 Å². The first kappa shape index (κ1) is 20.0. The first-order valence-electron chi connectivity index (χ1n) is 10.4. The Morgan fingerprint density at radius 2 is 1.74 bits per heavy atom. The van der Waals surface area contributed by atoms with E-state index in [0.717, 1.165) is 5.69 Å². The molecule has 1 aliphatic rings. The van der Waals surface area contributed by atoms with E-state index in [9.17, 15) is 13.2 Å². The predicted molar refractivity (Wildman–Crippen MR) is 121 cm³/mol. The number of sulfonamides is 1. The zero-order valence-electron chi connectivity index (χ0n) is 17.5. The minimum absolute atomic E-state index is 0.135. The lowest BCUT2D eigenvalue weighted by molar-refractivity contribution is 0.588. The highest BCUT2D eigenvalue weighted by molar-refractivity contribution is 7.89. The van der Waals surface area contributed by atoms with Crippen LogP contribution in [0.15, 0.2) is 58.4 Å². The molecule has 0 saturated heterocycles. The SMILES string of the molecule is CNS(=O)(=O)c1ccc2c(c1)c1nn(C)cc1c(=O)n2-c1ccc(C2CCCC2)cc1. The Morgan fingerprint density at radius 1 is 1.03 bits per heavy atom. The van der Waals surface area contributed by atoms with Crippen LogP contribution >= 0.6 is 0 Å². The smallest absolute Gasteiger partial charge is 0.266 e. The van der Waals surface area contributed by atoms with E-state index in [-0.39, 0.29) is 10.5 Å². The standard InChI is InChI=1S/C23H24N4O3S/c1-24-31(29,30)18-11-12-21-19(13-18)22-20(14-26(2)25-22)23(28)27(21)17-9-7-16(8-10-17)15-5-3-4-6-15/h7-15,24H,3-6H2,1-2H3. The molecular formula is C23H24N4O3S. The third-order valence-corrected chi connectivity index (χ3v) is 7.70. The second-order valence-corrected chi connectivity index (χ2v) is 10.1. The number of pyridine rings is 1. The Morgan fingerprint density at radius 3 is 2.42 bits per heavy atom. The second-order valence-electron chi connectivity index (χ2n) is 8.17. The van der Waals surface area contributed by atoms with E-state index in [1.807, 2.05) is 12.1 Å². The van der Waals surface area contributed by atoms with E-state index in [1.54, 1.807) is 34.6 Å². The average Bonchev–Trinajstić information content (AvgIpc) is 3.44. The summed E-state index contributed by atoms with van der Waals surface area (Å²) >= 11 is 0. The largest absolute Gasteiger partial charge is 0.276 e. The number of rotatable bonds is 4. The maximum Gasteiger partial charge on any atom is 0.266 e. The highest BCUT2D eigenvalue weighted by Gasteiger charge is 2.20. The van der Waals surface area contributed by atoms with Crippen LogP contribution in [0.5, 0.6) is 0 Å². The summed E-state index contributed by atoms with van der Waals surface area (Å²) < 4.78 is 30.3. The summed E-state index contributed by atoms with van der Waals surface area (Å²) in [7, 11) is -0.498. The lowest BCUT2D eigenvalue weighted by Gasteiger charge is -2.14. The van der Waals surface area contributed by atoms with Gasteiger partial charge in [-0.1, -0.05) is 25.0 Å². The topological polar surface area (TPSA) is 86.0 Å². The zero-order chi connectivity index (χ0) is 21.8. The summed E-state index contributed by atoms with van der Waals surface area (Å²) in [6.07, 6.45) is 6.65. The molecule has 0 atom stereocenters. The molecule has 31 heavy (non-hydrogen) atoms. The van der Waals surface area contributed by atoms with Crippen molar-refractivity contribution in [3.05, 3.63) is 64.6 Å². The fourth-order valence-electron chi connectivity index (χ4n) is 4.67. The van der Waals surface area contributed by atoms with Crippen LogP contribution in [0.2, 0.25) is 0 Å². The van der Waals surface area contributed by atoms with E-state index in [1.165, 1.54) is 44.4 Å². The van der Waals surface area contributed by atoms with E-state index in [4.69, 9.17) is 0 Å². The van der Waals surface area contributed by atoms with Gasteiger partial charge in [-0.25, -0.2) is 13.1 Å². The molecule has 7 nitrogen and oxygen atoms in total. The fourth-order valence-corrected chi connectivity index (χ4v) is 5.43. The van der Waals surface area contributed by atoms with Gasteiger partial charge in [-0.3, -0.25) is 14.0 Å². The molecule has 0 radical (unpaired) electrons. The maximum atomic E-state index is 13.4. The average molecular weight is 437 g/mol. The number of nitrogens with one attached hydrogen (secondary N) is 1. The summed E-state index contributed by atoms with van der Waals surface area (Å²) in [5.41, 5.74) is 3.01. The van der Waals surface area contributed by atoms with E-state index in [0.29, 0.717) is 27.7 Å². The highest BCUT2D eigenvalue weighted by atomic mass is 32.2. The van der Waals surface area contributed by atoms with Crippen molar-refractivity contribution in [3.63, 3.8) is 0 Å². The number of aryl methyl sites for hydroxylation is 1. The number of hydrogen-bond acceptors (Lipinski definition) is 4. The molecule has 2 aromatic carbocycles. The Bertz CT molecular complexity index is 1460. The molecule has 8 heteroatoms. The number of aromatic nitrogens is 3. The minimum atomic E-state index is -3.63. The minimum Gasteiger partial charge on any atom is -0.276 e. The lowest BCUT2D eigenvalue weighted by atomic mass is 9.97. The molecule has 0 amide bonds. The van der Waals surface area contributed by atoms with Crippen molar-refractivity contribution in [1.82, 2.24) is 19.1 Å². The van der Waals surface area contributed by atoms with Gasteiger partial charge in [0.2, 0.25) is 10.0 Å². The van der Waals surface area contributed by atoms with Crippen LogP contribution in [0.1, 0.15) is 37.2 Å². The number of fused-ring (bicyclic) bond motifs is 3. The number of benzene rings is 2. The van der Waals surface area contributed by atoms with Crippen molar-refractivity contribution in [1.29, 1.82) is 0 Å². The van der Waals surface area contributed by atoms with Crippen LogP contribution in [0, 0.1) is 0 Å². The van der Waals surface area contributed by atoms with Gasteiger partial charge in [-0.2, -0.15) is 5.10 Å². The molecule has 2 heterocycles. The molecule has 2 aromatic heterocycles. The summed E-state index contributed by atoms with van der Waals surface area (Å²) in [5, 5.41) is 5.51. The monoisotopic (exact) mass is 436 g/mol. The van der Waals surface area contributed by atoms with E-state index in [2.05, 4.69) is 22.0 Å². The van der Waals surface area contributed by atoms with Crippen LogP contribution in [-0.4, -0.2) is 29.8 Å². The van der Waals surface area contributed by atoms with Gasteiger partial charge in [0, 0.05) is 24.3 Å². The molecule has 0 unspecified atom stereocenters. The second kappa shape index (κ2) is 7.32. The Hall–Kier alpha value is -2.97. The van der Waals surface area contributed by atoms with Crippen LogP contribution in [0.25, 0.3) is 27.5 Å². The van der Waals surface area contributed by atoms with E-state index < -0.39 is 10.0 Å². The number of hydrogen-bond donors (Lipinski definition) is 1. The molecule has 0 spiro atoms. The highest BCUT2D eigenvalue weighted by Crippen LogP contribution is 2.34. The van der Waals surface area contributed by atoms with Crippen LogP contribution in [0.4, 0.5) is 0 Å². The van der Waals surface area contributed by atoms with Gasteiger partial charge in [0.05, 0.1) is 15.8 Å². The molecular weight excluding hydrogens is 412 g/mol. The van der Waals surface area contributed by atoms with Crippen molar-refractivity contribution < 1.29 is 8.42 Å². The molecule has 1 N–H and O–H groups in total. The van der Waals surface area contributed by atoms with Crippen molar-refractivity contribution in [2.24, 2.45) is 7.05 Å². The van der Waals surface area contributed by atoms with Gasteiger partial charge in [0.15, 0.2) is 0 Å². The first-order valence-corrected chi connectivity index (χ1v) is 11.9. The third kappa shape index (κ3) is 3.26. The molecule has 0 bridgehead atoms. The normalized spacial score (nSPS) is 15.3. The molecule has 0 aliphatic heterocycles. The van der Waals surface area contributed by atoms with Gasteiger partial charge in [0.1, 0.15) is 5.52 Å². The van der Waals surface area contributed by atoms with Crippen LogP contribution in [-0.2, 0) is 17.1 Å². The van der Waals surface area contributed by atoms with Gasteiger partial charge in [0.25, 0.3) is 5.56 Å². The quantitative estimate of drug-likeness (QED) is 0.531. The third-order valence-electron chi connectivity index (χ3n) is 6.28. The maximum absolute atomic E-state index is 13.4. The summed E-state index contributed by atoms with van der Waals surface area (Å²) in [5.74, 6) is 0.595. The summed E-state index contributed by atoms with van der Waals surface area (Å²) in [6, 6.07) is 13.0. The van der Waals surface area contributed by atoms with Crippen molar-refractivity contribution >= 4 is 31.8 Å². The molecule has 1 fully saturated rings. The molecule has 4 aromatic rings. The van der Waals surface area contributed by atoms with Gasteiger partial charge < -0.3 is 0 Å². The fraction of sp³-hybridized carbons (Fsp3) is 0.304. The lowest BCUT2D eigenvalue weighted by Crippen LogP contribution is -2.20. The molecule has 1 aliphatic carbocycles. The number of nitrogens with zero attached hydrogens (tertiary/aromatic N) is 3. The van der Waals surface area contributed by atoms with Crippen molar-refractivity contribution in [2.75, 3.05) is 7.05 Å². The van der Waals surface area contributed by atoms with Gasteiger partial charge >= 0.3 is 0 Å². The summed E-state index contributed by atoms with van der Waals surface area (Å²) in [6.45, 7) is 0. The molecule has 1 saturated carbocycles. The predicted octanol–water partition coefficient (Wildman–Crippen LogP) is 3.44.